The van der Waals surface area contributed by atoms with Gasteiger partial charge in [-0.05, 0) is 54.4 Å². The van der Waals surface area contributed by atoms with Crippen LogP contribution in [0.2, 0.25) is 0 Å². The van der Waals surface area contributed by atoms with Crippen molar-refractivity contribution in [2.45, 2.75) is 25.8 Å². The largest absolute Gasteiger partial charge is 0.337 e. The molecule has 6 aromatic rings. The van der Waals surface area contributed by atoms with E-state index in [9.17, 15) is 13.6 Å². The summed E-state index contributed by atoms with van der Waals surface area (Å²) in [5, 5.41) is 7.64. The summed E-state index contributed by atoms with van der Waals surface area (Å²) in [6.45, 7) is 1.89. The van der Waals surface area contributed by atoms with Crippen LogP contribution < -0.4 is 0 Å². The Labute approximate surface area is 235 Å². The van der Waals surface area contributed by atoms with Gasteiger partial charge in [0.25, 0.3) is 5.92 Å². The van der Waals surface area contributed by atoms with E-state index < -0.39 is 11.7 Å². The number of Topliss-reactive ketones (excluding diaryl/α,β-unsaturated/α-hetero) is 1. The van der Waals surface area contributed by atoms with Gasteiger partial charge in [0, 0.05) is 49.1 Å². The first-order chi connectivity index (χ1) is 19.7. The standard InChI is InChI=1S/C29H22F3N7OS/c1-15(40)22-2-3-23(41-22)27-26-21(4-6-34-27)35-28(36-26)25-19-9-17(10-20(30)24(19)37-38-25)18-8-16(11-33-12-18)13-39-7-5-29(31,32)14-39/h2-4,6,8-12H,5,7,13-14H2,1H3,(H,35,36)(H,37,38). The van der Waals surface area contributed by atoms with Gasteiger partial charge < -0.3 is 4.98 Å². The number of H-pyrrole nitrogens is 2. The van der Waals surface area contributed by atoms with Crippen LogP contribution in [-0.2, 0) is 6.54 Å². The van der Waals surface area contributed by atoms with E-state index in [1.165, 1.54) is 24.3 Å². The lowest BCUT2D eigenvalue weighted by Crippen LogP contribution is -2.24. The number of fused-ring (bicyclic) bond motifs is 2. The first kappa shape index (κ1) is 25.5. The van der Waals surface area contributed by atoms with Crippen LogP contribution in [-0.4, -0.2) is 59.8 Å². The molecule has 1 aromatic carbocycles. The highest BCUT2D eigenvalue weighted by Crippen LogP contribution is 2.36. The lowest BCUT2D eigenvalue weighted by Gasteiger charge is -2.15. The van der Waals surface area contributed by atoms with Gasteiger partial charge in [0.15, 0.2) is 17.4 Å². The molecule has 1 saturated heterocycles. The third-order valence-corrected chi connectivity index (χ3v) is 8.41. The Morgan fingerprint density at radius 3 is 2.78 bits per heavy atom. The molecule has 2 N–H and O–H groups in total. The summed E-state index contributed by atoms with van der Waals surface area (Å²) in [7, 11) is 0. The molecular weight excluding hydrogens is 551 g/mol. The summed E-state index contributed by atoms with van der Waals surface area (Å²) in [6, 6.07) is 10.5. The van der Waals surface area contributed by atoms with Crippen LogP contribution in [0.5, 0.6) is 0 Å². The average Bonchev–Trinajstić information content (AvgIpc) is 3.73. The van der Waals surface area contributed by atoms with Gasteiger partial charge in [-0.3, -0.25) is 24.8 Å². The zero-order valence-corrected chi connectivity index (χ0v) is 22.5. The SMILES string of the molecule is CC(=O)c1ccc(-c2nccc3[nH]c(-c4[nH]nc5c(F)cc(-c6cncc(CN7CCC(F)(F)C7)c6)cc45)nc23)s1. The van der Waals surface area contributed by atoms with Crippen LogP contribution in [0.15, 0.2) is 55.0 Å². The van der Waals surface area contributed by atoms with Crippen LogP contribution in [0.4, 0.5) is 13.2 Å². The van der Waals surface area contributed by atoms with Crippen LogP contribution in [0.1, 0.15) is 28.6 Å². The van der Waals surface area contributed by atoms with Gasteiger partial charge in [0.2, 0.25) is 0 Å². The van der Waals surface area contributed by atoms with Crippen molar-refractivity contribution in [3.63, 3.8) is 0 Å². The number of rotatable bonds is 6. The Bertz CT molecular complexity index is 1960. The predicted molar refractivity (Wildman–Crippen MR) is 150 cm³/mol. The molecule has 0 bridgehead atoms. The number of carbonyl (C=O) groups is 1. The highest BCUT2D eigenvalue weighted by atomic mass is 32.1. The van der Waals surface area contributed by atoms with Gasteiger partial charge in [-0.25, -0.2) is 18.2 Å². The number of pyridine rings is 2. The zero-order chi connectivity index (χ0) is 28.3. The number of likely N-dealkylation sites (tertiary alicyclic amines) is 1. The van der Waals surface area contributed by atoms with Gasteiger partial charge in [0.1, 0.15) is 22.4 Å². The van der Waals surface area contributed by atoms with Gasteiger partial charge in [-0.2, -0.15) is 5.10 Å². The number of imidazole rings is 1. The summed E-state index contributed by atoms with van der Waals surface area (Å²) in [4.78, 5) is 31.8. The Hall–Kier alpha value is -4.42. The van der Waals surface area contributed by atoms with E-state index in [-0.39, 0.29) is 24.3 Å². The third-order valence-electron chi connectivity index (χ3n) is 7.22. The maximum Gasteiger partial charge on any atom is 0.261 e. The molecule has 8 nitrogen and oxygen atoms in total. The van der Waals surface area contributed by atoms with E-state index in [0.717, 1.165) is 16.0 Å². The zero-order valence-electron chi connectivity index (χ0n) is 21.7. The van der Waals surface area contributed by atoms with Crippen LogP contribution in [0.3, 0.4) is 0 Å². The van der Waals surface area contributed by atoms with Crippen molar-refractivity contribution in [1.82, 2.24) is 35.0 Å². The highest BCUT2D eigenvalue weighted by Gasteiger charge is 2.38. The molecule has 1 aliphatic rings. The third kappa shape index (κ3) is 4.68. The molecule has 0 unspecified atom stereocenters. The van der Waals surface area contributed by atoms with E-state index in [2.05, 4.69) is 25.1 Å². The van der Waals surface area contributed by atoms with Crippen molar-refractivity contribution in [3.05, 3.63) is 71.2 Å². The van der Waals surface area contributed by atoms with E-state index in [4.69, 9.17) is 4.98 Å². The van der Waals surface area contributed by atoms with Crippen LogP contribution >= 0.6 is 11.3 Å². The fourth-order valence-electron chi connectivity index (χ4n) is 5.24. The molecule has 0 radical (unpaired) electrons. The molecule has 1 fully saturated rings. The van der Waals surface area contributed by atoms with Gasteiger partial charge in [-0.15, -0.1) is 11.3 Å². The Morgan fingerprint density at radius 1 is 1.12 bits per heavy atom. The number of aromatic nitrogens is 6. The number of aromatic amines is 2. The Balaban J connectivity index is 1.26. The summed E-state index contributed by atoms with van der Waals surface area (Å²) < 4.78 is 42.6. The van der Waals surface area contributed by atoms with E-state index in [0.29, 0.717) is 57.2 Å². The second-order valence-electron chi connectivity index (χ2n) is 10.2. The first-order valence-electron chi connectivity index (χ1n) is 12.9. The lowest BCUT2D eigenvalue weighted by atomic mass is 10.0. The fourth-order valence-corrected chi connectivity index (χ4v) is 6.14. The number of alkyl halides is 2. The van der Waals surface area contributed by atoms with Gasteiger partial charge in [0.05, 0.1) is 21.8 Å². The first-order valence-corrected chi connectivity index (χ1v) is 13.7. The average molecular weight is 574 g/mol. The van der Waals surface area contributed by atoms with Crippen molar-refractivity contribution in [2.75, 3.05) is 13.1 Å². The quantitative estimate of drug-likeness (QED) is 0.221. The molecule has 7 rings (SSSR count). The number of halogens is 3. The summed E-state index contributed by atoms with van der Waals surface area (Å²) in [6.07, 6.45) is 4.78. The van der Waals surface area contributed by atoms with Crippen LogP contribution in [0.25, 0.3) is 55.2 Å². The molecule has 0 saturated carbocycles. The second kappa shape index (κ2) is 9.60. The summed E-state index contributed by atoms with van der Waals surface area (Å²) in [5.74, 6) is -2.75. The van der Waals surface area contributed by atoms with E-state index in [1.807, 2.05) is 18.2 Å². The number of carbonyl (C=O) groups excluding carboxylic acids is 1. The van der Waals surface area contributed by atoms with Crippen molar-refractivity contribution in [2.24, 2.45) is 0 Å². The normalized spacial score (nSPS) is 15.3. The van der Waals surface area contributed by atoms with Gasteiger partial charge >= 0.3 is 0 Å². The predicted octanol–water partition coefficient (Wildman–Crippen LogP) is 6.47. The van der Waals surface area contributed by atoms with Crippen molar-refractivity contribution in [1.29, 1.82) is 0 Å². The van der Waals surface area contributed by atoms with Crippen molar-refractivity contribution < 1.29 is 18.0 Å². The molecule has 12 heteroatoms. The molecular formula is C29H22F3N7OS. The minimum Gasteiger partial charge on any atom is -0.337 e. The molecule has 5 aromatic heterocycles. The monoisotopic (exact) mass is 573 g/mol. The number of hydrogen-bond donors (Lipinski definition) is 2. The number of hydrogen-bond acceptors (Lipinski definition) is 7. The van der Waals surface area contributed by atoms with Crippen LogP contribution in [0, 0.1) is 5.82 Å². The lowest BCUT2D eigenvalue weighted by molar-refractivity contribution is 0.0115. The maximum atomic E-state index is 15.3. The number of nitrogens with one attached hydrogen (secondary N) is 2. The minimum absolute atomic E-state index is 0.0174. The highest BCUT2D eigenvalue weighted by molar-refractivity contribution is 7.17. The van der Waals surface area contributed by atoms with Crippen molar-refractivity contribution >= 4 is 39.1 Å². The molecule has 6 heterocycles. The number of nitrogens with zero attached hydrogens (tertiary/aromatic N) is 5. The minimum atomic E-state index is -2.67. The number of thiophene rings is 1. The maximum absolute atomic E-state index is 15.3. The molecule has 41 heavy (non-hydrogen) atoms. The van der Waals surface area contributed by atoms with E-state index in [1.54, 1.807) is 35.6 Å². The smallest absolute Gasteiger partial charge is 0.261 e. The summed E-state index contributed by atoms with van der Waals surface area (Å²) in [5.41, 5.74) is 4.65. The molecule has 0 spiro atoms. The molecule has 0 aliphatic carbocycles. The Kier molecular flexibility index (Phi) is 5.98. The molecule has 1 aliphatic heterocycles. The van der Waals surface area contributed by atoms with E-state index >= 15 is 4.39 Å². The fraction of sp³-hybridized carbons (Fsp3) is 0.207. The second-order valence-corrected chi connectivity index (χ2v) is 11.3. The molecule has 0 amide bonds. The topological polar surface area (TPSA) is 103 Å². The molecule has 206 valence electrons. The number of benzene rings is 1. The summed E-state index contributed by atoms with van der Waals surface area (Å²) >= 11 is 1.35. The molecule has 0 atom stereocenters. The van der Waals surface area contributed by atoms with Crippen molar-refractivity contribution in [3.8, 4) is 33.2 Å². The Morgan fingerprint density at radius 2 is 2.00 bits per heavy atom. The van der Waals surface area contributed by atoms with Gasteiger partial charge in [-0.1, -0.05) is 0 Å². The number of ketones is 1.